The Bertz CT molecular complexity index is 253. The van der Waals surface area contributed by atoms with E-state index >= 15 is 0 Å². The van der Waals surface area contributed by atoms with Crippen LogP contribution in [-0.2, 0) is 4.79 Å². The lowest BCUT2D eigenvalue weighted by Crippen LogP contribution is -2.43. The second-order valence-electron chi connectivity index (χ2n) is 6.48. The lowest BCUT2D eigenvalue weighted by Gasteiger charge is -2.31. The predicted molar refractivity (Wildman–Crippen MR) is 70.0 cm³/mol. The molecule has 0 aromatic rings. The maximum atomic E-state index is 10.8. The first kappa shape index (κ1) is 13.0. The van der Waals surface area contributed by atoms with Gasteiger partial charge in [-0.05, 0) is 38.5 Å². The van der Waals surface area contributed by atoms with Crippen LogP contribution in [-0.4, -0.2) is 31.0 Å². The molecule has 0 amide bonds. The first-order chi connectivity index (χ1) is 8.09. The maximum absolute atomic E-state index is 10.8. The molecule has 0 aromatic carbocycles. The Kier molecular flexibility index (Phi) is 4.21. The Morgan fingerprint density at radius 3 is 1.94 bits per heavy atom. The summed E-state index contributed by atoms with van der Waals surface area (Å²) >= 11 is 0. The minimum Gasteiger partial charge on any atom is -0.313 e. The molecule has 0 aromatic heterocycles. The molecule has 0 unspecified atom stereocenters. The standard InChI is InChI=1S/C14H26N2O/c1-14(2,10-17)9-15-11-3-5-12(6-4-11)16-13-7-8-13/h10-13,15-16H,3-9H2,1-2H3. The highest BCUT2D eigenvalue weighted by Crippen LogP contribution is 2.25. The summed E-state index contributed by atoms with van der Waals surface area (Å²) in [4.78, 5) is 10.8. The van der Waals surface area contributed by atoms with Gasteiger partial charge in [0.2, 0.25) is 0 Å². The number of nitrogens with one attached hydrogen (secondary N) is 2. The van der Waals surface area contributed by atoms with Gasteiger partial charge in [-0.1, -0.05) is 13.8 Å². The molecule has 3 heteroatoms. The molecule has 2 saturated carbocycles. The van der Waals surface area contributed by atoms with Crippen molar-refractivity contribution in [1.29, 1.82) is 0 Å². The van der Waals surface area contributed by atoms with Crippen molar-refractivity contribution in [3.05, 3.63) is 0 Å². The third-order valence-electron chi connectivity index (χ3n) is 3.94. The van der Waals surface area contributed by atoms with Gasteiger partial charge in [-0.25, -0.2) is 0 Å². The van der Waals surface area contributed by atoms with E-state index < -0.39 is 0 Å². The highest BCUT2D eigenvalue weighted by atomic mass is 16.1. The van der Waals surface area contributed by atoms with Crippen molar-refractivity contribution in [1.82, 2.24) is 10.6 Å². The highest BCUT2D eigenvalue weighted by Gasteiger charge is 2.28. The van der Waals surface area contributed by atoms with Crippen molar-refractivity contribution in [2.75, 3.05) is 6.54 Å². The zero-order valence-electron chi connectivity index (χ0n) is 11.2. The van der Waals surface area contributed by atoms with Crippen LogP contribution in [0.3, 0.4) is 0 Å². The molecule has 0 saturated heterocycles. The average molecular weight is 238 g/mol. The summed E-state index contributed by atoms with van der Waals surface area (Å²) in [5, 5.41) is 7.26. The molecule has 0 heterocycles. The van der Waals surface area contributed by atoms with E-state index in [4.69, 9.17) is 0 Å². The van der Waals surface area contributed by atoms with Crippen molar-refractivity contribution < 1.29 is 4.79 Å². The highest BCUT2D eigenvalue weighted by molar-refractivity contribution is 5.58. The molecule has 0 atom stereocenters. The van der Waals surface area contributed by atoms with Crippen LogP contribution in [0.1, 0.15) is 52.4 Å². The summed E-state index contributed by atoms with van der Waals surface area (Å²) < 4.78 is 0. The van der Waals surface area contributed by atoms with Crippen LogP contribution in [0.5, 0.6) is 0 Å². The van der Waals surface area contributed by atoms with E-state index in [9.17, 15) is 4.79 Å². The molecule has 2 aliphatic carbocycles. The van der Waals surface area contributed by atoms with Gasteiger partial charge < -0.3 is 15.4 Å². The third kappa shape index (κ3) is 4.40. The van der Waals surface area contributed by atoms with E-state index in [2.05, 4.69) is 10.6 Å². The van der Waals surface area contributed by atoms with Gasteiger partial charge >= 0.3 is 0 Å². The molecule has 0 radical (unpaired) electrons. The summed E-state index contributed by atoms with van der Waals surface area (Å²) in [5.41, 5.74) is -0.219. The van der Waals surface area contributed by atoms with E-state index in [1.54, 1.807) is 0 Å². The first-order valence-corrected chi connectivity index (χ1v) is 7.05. The van der Waals surface area contributed by atoms with Gasteiger partial charge in [0.15, 0.2) is 0 Å². The summed E-state index contributed by atoms with van der Waals surface area (Å²) in [7, 11) is 0. The van der Waals surface area contributed by atoms with Crippen molar-refractivity contribution in [3.63, 3.8) is 0 Å². The molecule has 17 heavy (non-hydrogen) atoms. The smallest absolute Gasteiger partial charge is 0.126 e. The fraction of sp³-hybridized carbons (Fsp3) is 0.929. The summed E-state index contributed by atoms with van der Waals surface area (Å²) in [6.07, 6.45) is 8.89. The van der Waals surface area contributed by atoms with Gasteiger partial charge in [0.05, 0.1) is 0 Å². The van der Waals surface area contributed by atoms with Crippen LogP contribution in [0, 0.1) is 5.41 Å². The Morgan fingerprint density at radius 2 is 1.47 bits per heavy atom. The Balaban J connectivity index is 1.62. The van der Waals surface area contributed by atoms with Gasteiger partial charge in [0.1, 0.15) is 6.29 Å². The fourth-order valence-corrected chi connectivity index (χ4v) is 2.50. The van der Waals surface area contributed by atoms with Gasteiger partial charge in [-0.2, -0.15) is 0 Å². The molecular formula is C14H26N2O. The monoisotopic (exact) mass is 238 g/mol. The van der Waals surface area contributed by atoms with Crippen LogP contribution in [0.4, 0.5) is 0 Å². The molecule has 98 valence electrons. The zero-order valence-corrected chi connectivity index (χ0v) is 11.2. The van der Waals surface area contributed by atoms with Crippen LogP contribution in [0.15, 0.2) is 0 Å². The molecule has 0 bridgehead atoms. The maximum Gasteiger partial charge on any atom is 0.126 e. The van der Waals surface area contributed by atoms with Crippen molar-refractivity contribution >= 4 is 6.29 Å². The summed E-state index contributed by atoms with van der Waals surface area (Å²) in [5.74, 6) is 0. The van der Waals surface area contributed by atoms with Crippen LogP contribution in [0.25, 0.3) is 0 Å². The number of aldehydes is 1. The van der Waals surface area contributed by atoms with E-state index in [-0.39, 0.29) is 5.41 Å². The fourth-order valence-electron chi connectivity index (χ4n) is 2.50. The minimum atomic E-state index is -0.219. The van der Waals surface area contributed by atoms with Gasteiger partial charge in [0.25, 0.3) is 0 Å². The van der Waals surface area contributed by atoms with Crippen molar-refractivity contribution in [2.45, 2.75) is 70.5 Å². The van der Waals surface area contributed by atoms with Crippen molar-refractivity contribution in [2.24, 2.45) is 5.41 Å². The number of rotatable bonds is 6. The van der Waals surface area contributed by atoms with Crippen LogP contribution in [0.2, 0.25) is 0 Å². The predicted octanol–water partition coefficient (Wildman–Crippen LogP) is 1.86. The molecule has 2 fully saturated rings. The van der Waals surface area contributed by atoms with E-state index in [0.717, 1.165) is 24.9 Å². The summed E-state index contributed by atoms with van der Waals surface area (Å²) in [6, 6.07) is 2.20. The summed E-state index contributed by atoms with van der Waals surface area (Å²) in [6.45, 7) is 4.79. The Hall–Kier alpha value is -0.410. The van der Waals surface area contributed by atoms with Crippen LogP contribution >= 0.6 is 0 Å². The molecule has 2 N–H and O–H groups in total. The molecule has 2 aliphatic rings. The van der Waals surface area contributed by atoms with Gasteiger partial charge in [-0.15, -0.1) is 0 Å². The average Bonchev–Trinajstić information content (AvgIpc) is 3.12. The van der Waals surface area contributed by atoms with Crippen molar-refractivity contribution in [3.8, 4) is 0 Å². The zero-order chi connectivity index (χ0) is 12.3. The number of carbonyl (C=O) groups is 1. The minimum absolute atomic E-state index is 0.219. The topological polar surface area (TPSA) is 41.1 Å². The SMILES string of the molecule is CC(C)(C=O)CNC1CCC(NC2CC2)CC1. The Morgan fingerprint density at radius 1 is 1.00 bits per heavy atom. The quantitative estimate of drug-likeness (QED) is 0.694. The van der Waals surface area contributed by atoms with E-state index in [1.165, 1.54) is 38.5 Å². The van der Waals surface area contributed by atoms with Gasteiger partial charge in [0, 0.05) is 30.1 Å². The van der Waals surface area contributed by atoms with E-state index in [0.29, 0.717) is 6.04 Å². The molecule has 0 spiro atoms. The molecule has 3 nitrogen and oxygen atoms in total. The number of hydrogen-bond donors (Lipinski definition) is 2. The van der Waals surface area contributed by atoms with E-state index in [1.807, 2.05) is 13.8 Å². The normalized spacial score (nSPS) is 30.2. The second kappa shape index (κ2) is 5.49. The van der Waals surface area contributed by atoms with Gasteiger partial charge in [-0.3, -0.25) is 0 Å². The number of hydrogen-bond acceptors (Lipinski definition) is 3. The second-order valence-corrected chi connectivity index (χ2v) is 6.48. The van der Waals surface area contributed by atoms with Crippen LogP contribution < -0.4 is 10.6 Å². The first-order valence-electron chi connectivity index (χ1n) is 7.05. The Labute approximate surface area is 105 Å². The molecule has 2 rings (SSSR count). The lowest BCUT2D eigenvalue weighted by molar-refractivity contribution is -0.114. The largest absolute Gasteiger partial charge is 0.313 e. The lowest BCUT2D eigenvalue weighted by atomic mass is 9.89. The number of carbonyl (C=O) groups excluding carboxylic acids is 1. The third-order valence-corrected chi connectivity index (χ3v) is 3.94. The molecule has 0 aliphatic heterocycles. The molecular weight excluding hydrogens is 212 g/mol.